The van der Waals surface area contributed by atoms with Gasteiger partial charge in [-0.05, 0) is 35.0 Å². The van der Waals surface area contributed by atoms with E-state index in [2.05, 4.69) is 35.8 Å². The molecule has 1 aliphatic rings. The fourth-order valence-corrected chi connectivity index (χ4v) is 2.48. The molecule has 2 aromatic rings. The van der Waals surface area contributed by atoms with Crippen molar-refractivity contribution in [3.8, 4) is 0 Å². The number of hydrogen-bond acceptors (Lipinski definition) is 4. The van der Waals surface area contributed by atoms with Crippen LogP contribution in [0, 0.1) is 6.92 Å². The fourth-order valence-electron chi connectivity index (χ4n) is 2.26. The molecule has 0 fully saturated rings. The van der Waals surface area contributed by atoms with Gasteiger partial charge in [-0.3, -0.25) is 4.79 Å². The summed E-state index contributed by atoms with van der Waals surface area (Å²) in [4.78, 5) is 25.3. The molecule has 0 saturated carbocycles. The number of pyridine rings is 1. The Morgan fingerprint density at radius 3 is 3.05 bits per heavy atom. The van der Waals surface area contributed by atoms with Gasteiger partial charge in [-0.15, -0.1) is 0 Å². The molecule has 0 radical (unpaired) electrons. The SMILES string of the molecule is Cc1nc(N2CCc3nc[nH]c(=O)c3C2)ccc1Br. The quantitative estimate of drug-likeness (QED) is 0.870. The number of aromatic nitrogens is 3. The van der Waals surface area contributed by atoms with E-state index in [1.165, 1.54) is 6.33 Å². The molecule has 0 spiro atoms. The zero-order valence-corrected chi connectivity index (χ0v) is 12.1. The van der Waals surface area contributed by atoms with Crippen molar-refractivity contribution in [1.29, 1.82) is 0 Å². The number of nitrogens with zero attached hydrogens (tertiary/aromatic N) is 3. The molecule has 6 heteroatoms. The van der Waals surface area contributed by atoms with Gasteiger partial charge >= 0.3 is 0 Å². The summed E-state index contributed by atoms with van der Waals surface area (Å²) in [6.07, 6.45) is 2.24. The van der Waals surface area contributed by atoms with E-state index in [-0.39, 0.29) is 5.56 Å². The second-order valence-corrected chi connectivity index (χ2v) is 5.42. The van der Waals surface area contributed by atoms with Crippen molar-refractivity contribution in [3.63, 3.8) is 0 Å². The van der Waals surface area contributed by atoms with Crippen LogP contribution in [0.1, 0.15) is 17.0 Å². The highest BCUT2D eigenvalue weighted by Crippen LogP contribution is 2.23. The zero-order valence-electron chi connectivity index (χ0n) is 10.5. The molecule has 0 saturated heterocycles. The highest BCUT2D eigenvalue weighted by Gasteiger charge is 2.21. The van der Waals surface area contributed by atoms with E-state index >= 15 is 0 Å². The third kappa shape index (κ3) is 2.28. The van der Waals surface area contributed by atoms with Crippen molar-refractivity contribution in [2.45, 2.75) is 19.9 Å². The number of fused-ring (bicyclic) bond motifs is 1. The largest absolute Gasteiger partial charge is 0.352 e. The van der Waals surface area contributed by atoms with Crippen LogP contribution in [0.15, 0.2) is 27.7 Å². The van der Waals surface area contributed by atoms with Gasteiger partial charge in [0.2, 0.25) is 0 Å². The number of aryl methyl sites for hydroxylation is 1. The molecular formula is C13H13BrN4O. The second kappa shape index (κ2) is 4.77. The molecular weight excluding hydrogens is 308 g/mol. The predicted molar refractivity (Wildman–Crippen MR) is 76.3 cm³/mol. The normalized spacial score (nSPS) is 14.3. The van der Waals surface area contributed by atoms with Gasteiger partial charge in [0.1, 0.15) is 5.82 Å². The van der Waals surface area contributed by atoms with E-state index in [0.29, 0.717) is 6.54 Å². The number of hydrogen-bond donors (Lipinski definition) is 1. The van der Waals surface area contributed by atoms with Crippen molar-refractivity contribution >= 4 is 21.7 Å². The van der Waals surface area contributed by atoms with Crippen molar-refractivity contribution in [1.82, 2.24) is 15.0 Å². The molecule has 3 heterocycles. The molecule has 19 heavy (non-hydrogen) atoms. The standard InChI is InChI=1S/C13H13BrN4O/c1-8-10(14)2-3-12(17-8)18-5-4-11-9(6-18)13(19)16-7-15-11/h2-3,7H,4-6H2,1H3,(H,15,16,19). The van der Waals surface area contributed by atoms with Gasteiger partial charge in [0.05, 0.1) is 29.8 Å². The van der Waals surface area contributed by atoms with Gasteiger partial charge < -0.3 is 9.88 Å². The van der Waals surface area contributed by atoms with Crippen LogP contribution in [0.2, 0.25) is 0 Å². The summed E-state index contributed by atoms with van der Waals surface area (Å²) in [7, 11) is 0. The number of anilines is 1. The highest BCUT2D eigenvalue weighted by molar-refractivity contribution is 9.10. The van der Waals surface area contributed by atoms with Crippen molar-refractivity contribution in [3.05, 3.63) is 50.2 Å². The minimum atomic E-state index is -0.0523. The number of nitrogens with one attached hydrogen (secondary N) is 1. The summed E-state index contributed by atoms with van der Waals surface area (Å²) in [5.41, 5.74) is 2.54. The van der Waals surface area contributed by atoms with E-state index in [4.69, 9.17) is 0 Å². The Morgan fingerprint density at radius 1 is 1.42 bits per heavy atom. The van der Waals surface area contributed by atoms with Crippen LogP contribution in [0.25, 0.3) is 0 Å². The monoisotopic (exact) mass is 320 g/mol. The van der Waals surface area contributed by atoms with Crippen LogP contribution in [0.5, 0.6) is 0 Å². The summed E-state index contributed by atoms with van der Waals surface area (Å²) in [6.45, 7) is 3.35. The lowest BCUT2D eigenvalue weighted by Crippen LogP contribution is -2.35. The molecule has 98 valence electrons. The number of rotatable bonds is 1. The maximum atomic E-state index is 11.8. The van der Waals surface area contributed by atoms with E-state index in [1.54, 1.807) is 0 Å². The molecule has 0 unspecified atom stereocenters. The minimum Gasteiger partial charge on any atom is -0.352 e. The Morgan fingerprint density at radius 2 is 2.26 bits per heavy atom. The number of H-pyrrole nitrogens is 1. The summed E-state index contributed by atoms with van der Waals surface area (Å²) in [5.74, 6) is 0.898. The van der Waals surface area contributed by atoms with Gasteiger partial charge in [-0.25, -0.2) is 9.97 Å². The Bertz CT molecular complexity index is 683. The van der Waals surface area contributed by atoms with E-state index in [0.717, 1.165) is 40.2 Å². The Balaban J connectivity index is 1.95. The molecule has 0 aliphatic carbocycles. The first-order valence-corrected chi connectivity index (χ1v) is 6.88. The van der Waals surface area contributed by atoms with Crippen LogP contribution in [0.4, 0.5) is 5.82 Å². The molecule has 3 rings (SSSR count). The zero-order chi connectivity index (χ0) is 13.4. The van der Waals surface area contributed by atoms with Gasteiger partial charge in [-0.2, -0.15) is 0 Å². The fraction of sp³-hybridized carbons (Fsp3) is 0.308. The smallest absolute Gasteiger partial charge is 0.255 e. The lowest BCUT2D eigenvalue weighted by molar-refractivity contribution is 0.688. The molecule has 0 atom stereocenters. The third-order valence-corrected chi connectivity index (χ3v) is 4.17. The van der Waals surface area contributed by atoms with E-state index in [9.17, 15) is 4.79 Å². The van der Waals surface area contributed by atoms with Crippen LogP contribution >= 0.6 is 15.9 Å². The summed E-state index contributed by atoms with van der Waals surface area (Å²) >= 11 is 3.44. The van der Waals surface area contributed by atoms with E-state index in [1.807, 2.05) is 19.1 Å². The van der Waals surface area contributed by atoms with Crippen molar-refractivity contribution in [2.75, 3.05) is 11.4 Å². The van der Waals surface area contributed by atoms with E-state index < -0.39 is 0 Å². The number of aromatic amines is 1. The number of halogens is 1. The molecule has 2 aromatic heterocycles. The molecule has 0 aromatic carbocycles. The van der Waals surface area contributed by atoms with Crippen LogP contribution in [-0.2, 0) is 13.0 Å². The minimum absolute atomic E-state index is 0.0523. The second-order valence-electron chi connectivity index (χ2n) is 4.57. The van der Waals surface area contributed by atoms with Crippen LogP contribution in [-0.4, -0.2) is 21.5 Å². The first kappa shape index (κ1) is 12.3. The maximum Gasteiger partial charge on any atom is 0.255 e. The summed E-state index contributed by atoms with van der Waals surface area (Å²) < 4.78 is 0.994. The Labute approximate surface area is 118 Å². The lowest BCUT2D eigenvalue weighted by atomic mass is 10.1. The summed E-state index contributed by atoms with van der Waals surface area (Å²) in [5, 5.41) is 0. The molecule has 0 amide bonds. The average Bonchev–Trinajstić information content (AvgIpc) is 2.42. The Hall–Kier alpha value is -1.69. The lowest BCUT2D eigenvalue weighted by Gasteiger charge is -2.28. The molecule has 1 aliphatic heterocycles. The maximum absolute atomic E-state index is 11.8. The Kier molecular flexibility index (Phi) is 3.10. The molecule has 0 bridgehead atoms. The van der Waals surface area contributed by atoms with Gasteiger partial charge in [0.25, 0.3) is 5.56 Å². The van der Waals surface area contributed by atoms with Gasteiger partial charge in [0, 0.05) is 17.4 Å². The molecule has 1 N–H and O–H groups in total. The van der Waals surface area contributed by atoms with Crippen LogP contribution < -0.4 is 10.5 Å². The van der Waals surface area contributed by atoms with Gasteiger partial charge in [0.15, 0.2) is 0 Å². The van der Waals surface area contributed by atoms with Crippen molar-refractivity contribution < 1.29 is 0 Å². The van der Waals surface area contributed by atoms with Crippen molar-refractivity contribution in [2.24, 2.45) is 0 Å². The molecule has 5 nitrogen and oxygen atoms in total. The van der Waals surface area contributed by atoms with Gasteiger partial charge in [-0.1, -0.05) is 0 Å². The first-order valence-electron chi connectivity index (χ1n) is 6.08. The highest BCUT2D eigenvalue weighted by atomic mass is 79.9. The first-order chi connectivity index (χ1) is 9.15. The average molecular weight is 321 g/mol. The summed E-state index contributed by atoms with van der Waals surface area (Å²) in [6, 6.07) is 3.95. The third-order valence-electron chi connectivity index (χ3n) is 3.34. The predicted octanol–water partition coefficient (Wildman–Crippen LogP) is 1.80. The van der Waals surface area contributed by atoms with Crippen LogP contribution in [0.3, 0.4) is 0 Å². The topological polar surface area (TPSA) is 61.9 Å².